The number of phenols is 1. The number of piperidine rings is 1. The molecule has 1 aliphatic heterocycles. The van der Waals surface area contributed by atoms with Crippen molar-refractivity contribution in [2.75, 3.05) is 13.1 Å². The fourth-order valence-electron chi connectivity index (χ4n) is 3.87. The number of carboxylic acid groups (broad SMARTS) is 1. The minimum Gasteiger partial charge on any atom is -0.508 e. The number of hydrogen-bond donors (Lipinski definition) is 5. The Kier molecular flexibility index (Phi) is 7.62. The molecule has 1 fully saturated rings. The third kappa shape index (κ3) is 5.97. The number of aliphatic carboxylic acids is 1. The number of carbonyl (C=O) groups excluding carboxylic acids is 3. The lowest BCUT2D eigenvalue weighted by Gasteiger charge is -2.33. The van der Waals surface area contributed by atoms with Crippen molar-refractivity contribution in [2.45, 2.75) is 25.3 Å². The Morgan fingerprint density at radius 3 is 2.09 bits per heavy atom. The number of amides is 2. The van der Waals surface area contributed by atoms with Gasteiger partial charge in [-0.3, -0.25) is 19.8 Å². The second kappa shape index (κ2) is 10.6. The number of benzene rings is 2. The van der Waals surface area contributed by atoms with Gasteiger partial charge in [-0.25, -0.2) is 4.79 Å². The van der Waals surface area contributed by atoms with E-state index in [0.717, 1.165) is 5.56 Å². The number of ketones is 1. The number of carbonyl (C=O) groups is 4. The number of likely N-dealkylation sites (tertiary alicyclic amines) is 1. The van der Waals surface area contributed by atoms with E-state index in [1.165, 1.54) is 41.3 Å². The van der Waals surface area contributed by atoms with Gasteiger partial charge in [0.2, 0.25) is 11.7 Å². The minimum atomic E-state index is -1.47. The molecule has 0 aliphatic carbocycles. The summed E-state index contributed by atoms with van der Waals surface area (Å²) in [6, 6.07) is 11.5. The summed E-state index contributed by atoms with van der Waals surface area (Å²) in [4.78, 5) is 50.4. The molecule has 3 rings (SSSR count). The van der Waals surface area contributed by atoms with Gasteiger partial charge in [0.15, 0.2) is 0 Å². The van der Waals surface area contributed by atoms with E-state index < -0.39 is 29.6 Å². The van der Waals surface area contributed by atoms with Crippen molar-refractivity contribution in [3.63, 3.8) is 0 Å². The predicted molar refractivity (Wildman–Crippen MR) is 122 cm³/mol. The lowest BCUT2D eigenvalue weighted by Crippen LogP contribution is -2.52. The molecule has 0 aromatic heterocycles. The van der Waals surface area contributed by atoms with Crippen LogP contribution in [0.15, 0.2) is 48.5 Å². The largest absolute Gasteiger partial charge is 0.508 e. The van der Waals surface area contributed by atoms with Crippen LogP contribution in [0.5, 0.6) is 5.75 Å². The normalized spacial score (nSPS) is 14.8. The van der Waals surface area contributed by atoms with E-state index in [1.54, 1.807) is 12.1 Å². The Hall–Kier alpha value is -4.21. The third-order valence-electron chi connectivity index (χ3n) is 5.83. The van der Waals surface area contributed by atoms with Crippen molar-refractivity contribution < 1.29 is 29.4 Å². The summed E-state index contributed by atoms with van der Waals surface area (Å²) in [6.45, 7) is 0.412. The van der Waals surface area contributed by atoms with E-state index in [9.17, 15) is 24.3 Å². The van der Waals surface area contributed by atoms with Gasteiger partial charge in [0.1, 0.15) is 17.6 Å². The van der Waals surface area contributed by atoms with Crippen LogP contribution in [0.2, 0.25) is 0 Å². The Bertz CT molecular complexity index is 1090. The van der Waals surface area contributed by atoms with E-state index >= 15 is 0 Å². The van der Waals surface area contributed by atoms with Gasteiger partial charge < -0.3 is 26.2 Å². The maximum absolute atomic E-state index is 13.3. The van der Waals surface area contributed by atoms with E-state index in [2.05, 4.69) is 5.32 Å². The number of phenolic OH excluding ortho intramolecular Hbond substituents is 1. The number of amidine groups is 1. The molecule has 2 amide bonds. The summed E-state index contributed by atoms with van der Waals surface area (Å²) in [5, 5.41) is 28.7. The highest BCUT2D eigenvalue weighted by Gasteiger charge is 2.33. The molecule has 34 heavy (non-hydrogen) atoms. The topological polar surface area (TPSA) is 174 Å². The lowest BCUT2D eigenvalue weighted by atomic mass is 9.92. The molecule has 0 saturated carbocycles. The zero-order chi connectivity index (χ0) is 24.8. The van der Waals surface area contributed by atoms with Crippen LogP contribution in [0.1, 0.15) is 34.3 Å². The van der Waals surface area contributed by atoms with Gasteiger partial charge in [-0.1, -0.05) is 24.3 Å². The second-order valence-corrected chi connectivity index (χ2v) is 8.16. The molecule has 0 bridgehead atoms. The molecule has 6 N–H and O–H groups in total. The summed E-state index contributed by atoms with van der Waals surface area (Å²) in [7, 11) is 0. The van der Waals surface area contributed by atoms with Crippen LogP contribution < -0.4 is 11.1 Å². The quantitative estimate of drug-likeness (QED) is 0.218. The van der Waals surface area contributed by atoms with Crippen molar-refractivity contribution in [3.05, 3.63) is 65.2 Å². The van der Waals surface area contributed by atoms with E-state index in [1.807, 2.05) is 0 Å². The average molecular weight is 466 g/mol. The molecule has 0 spiro atoms. The molecule has 0 unspecified atom stereocenters. The van der Waals surface area contributed by atoms with Crippen LogP contribution in [0.25, 0.3) is 0 Å². The molecular formula is C24H26N4O6. The van der Waals surface area contributed by atoms with Gasteiger partial charge in [0.25, 0.3) is 5.91 Å². The number of hydrogen-bond acceptors (Lipinski definition) is 6. The Morgan fingerprint density at radius 1 is 1.00 bits per heavy atom. The van der Waals surface area contributed by atoms with E-state index in [-0.39, 0.29) is 49.8 Å². The first-order valence-electron chi connectivity index (χ1n) is 10.7. The molecule has 0 radical (unpaired) electrons. The van der Waals surface area contributed by atoms with Gasteiger partial charge in [-0.2, -0.15) is 0 Å². The van der Waals surface area contributed by atoms with Crippen molar-refractivity contribution in [1.82, 2.24) is 10.2 Å². The first kappa shape index (κ1) is 24.4. The zero-order valence-corrected chi connectivity index (χ0v) is 18.4. The van der Waals surface area contributed by atoms with Crippen LogP contribution in [-0.2, 0) is 20.8 Å². The molecular weight excluding hydrogens is 440 g/mol. The Balaban J connectivity index is 1.75. The van der Waals surface area contributed by atoms with Crippen molar-refractivity contribution in [3.8, 4) is 5.75 Å². The summed E-state index contributed by atoms with van der Waals surface area (Å²) in [5.41, 5.74) is 6.92. The first-order valence-corrected chi connectivity index (χ1v) is 10.7. The fourth-order valence-corrected chi connectivity index (χ4v) is 3.87. The molecule has 1 saturated heterocycles. The number of rotatable bonds is 8. The smallest absolute Gasteiger partial charge is 0.372 e. The molecule has 2 aromatic carbocycles. The second-order valence-electron chi connectivity index (χ2n) is 8.16. The van der Waals surface area contributed by atoms with Crippen LogP contribution in [0, 0.1) is 11.3 Å². The zero-order valence-electron chi connectivity index (χ0n) is 18.4. The van der Waals surface area contributed by atoms with Gasteiger partial charge >= 0.3 is 5.97 Å². The highest BCUT2D eigenvalue weighted by molar-refractivity contribution is 6.33. The molecule has 10 nitrogen and oxygen atoms in total. The average Bonchev–Trinajstić information content (AvgIpc) is 2.84. The maximum Gasteiger partial charge on any atom is 0.372 e. The van der Waals surface area contributed by atoms with Crippen LogP contribution in [0.4, 0.5) is 0 Å². The number of nitrogen functional groups attached to an aromatic ring is 1. The minimum absolute atomic E-state index is 0.0754. The van der Waals surface area contributed by atoms with Gasteiger partial charge in [0, 0.05) is 36.6 Å². The number of nitrogens with two attached hydrogens (primary N) is 1. The number of Topliss-reactive ketones (excluding diaryl/α,β-unsaturated/α-hetero) is 1. The van der Waals surface area contributed by atoms with E-state index in [0.29, 0.717) is 11.1 Å². The molecule has 1 atom stereocenters. The number of nitrogens with one attached hydrogen (secondary N) is 2. The third-order valence-corrected chi connectivity index (χ3v) is 5.83. The number of carboxylic acids is 1. The van der Waals surface area contributed by atoms with Crippen LogP contribution >= 0.6 is 0 Å². The monoisotopic (exact) mass is 466 g/mol. The molecule has 2 aromatic rings. The lowest BCUT2D eigenvalue weighted by molar-refractivity contribution is -0.152. The van der Waals surface area contributed by atoms with Gasteiger partial charge in [0.05, 0.1) is 0 Å². The standard InChI is InChI=1S/C24H26N4O6/c25-21(26)16-3-5-17(6-4-16)22(31)27-19(13-14-1-7-18(29)8-2-14)23(32)28-11-9-15(10-12-28)20(30)24(33)34/h1-8,15,19,29H,9-13H2,(H3,25,26)(H,27,31)(H,33,34)/t19-/m0/s1. The van der Waals surface area contributed by atoms with Gasteiger partial charge in [-0.15, -0.1) is 0 Å². The number of aromatic hydroxyl groups is 1. The molecule has 178 valence electrons. The highest BCUT2D eigenvalue weighted by atomic mass is 16.4. The predicted octanol–water partition coefficient (Wildman–Crippen LogP) is 0.910. The molecule has 1 aliphatic rings. The summed E-state index contributed by atoms with van der Waals surface area (Å²) in [5.74, 6) is -3.84. The Labute approximate surface area is 195 Å². The van der Waals surface area contributed by atoms with Crippen LogP contribution in [0.3, 0.4) is 0 Å². The summed E-state index contributed by atoms with van der Waals surface area (Å²) in [6.07, 6.45) is 0.650. The number of nitrogens with zero attached hydrogens (tertiary/aromatic N) is 1. The van der Waals surface area contributed by atoms with E-state index in [4.69, 9.17) is 16.2 Å². The Morgan fingerprint density at radius 2 is 1.56 bits per heavy atom. The summed E-state index contributed by atoms with van der Waals surface area (Å²) < 4.78 is 0. The van der Waals surface area contributed by atoms with Gasteiger partial charge in [-0.05, 0) is 42.7 Å². The van der Waals surface area contributed by atoms with Crippen LogP contribution in [-0.4, -0.2) is 63.6 Å². The fraction of sp³-hybridized carbons (Fsp3) is 0.292. The maximum atomic E-state index is 13.3. The SMILES string of the molecule is N=C(N)c1ccc(C(=O)N[C@@H](Cc2ccc(O)cc2)C(=O)N2CCC(C(=O)C(=O)O)CC2)cc1. The molecule has 10 heteroatoms. The highest BCUT2D eigenvalue weighted by Crippen LogP contribution is 2.20. The van der Waals surface area contributed by atoms with Crippen molar-refractivity contribution >= 4 is 29.4 Å². The van der Waals surface area contributed by atoms with Crippen molar-refractivity contribution in [1.29, 1.82) is 5.41 Å². The molecule has 1 heterocycles. The summed E-state index contributed by atoms with van der Waals surface area (Å²) >= 11 is 0. The van der Waals surface area contributed by atoms with Crippen molar-refractivity contribution in [2.24, 2.45) is 11.7 Å². The first-order chi connectivity index (χ1) is 16.2.